The largest absolute Gasteiger partial charge is 0.386 e. The van der Waals surface area contributed by atoms with Gasteiger partial charge in [0.15, 0.2) is 0 Å². The van der Waals surface area contributed by atoms with Crippen molar-refractivity contribution in [1.29, 1.82) is 0 Å². The van der Waals surface area contributed by atoms with Gasteiger partial charge in [0.05, 0.1) is 12.6 Å². The first kappa shape index (κ1) is 20.9. The van der Waals surface area contributed by atoms with Gasteiger partial charge in [-0.15, -0.1) is 0 Å². The molecule has 1 amide bonds. The summed E-state index contributed by atoms with van der Waals surface area (Å²) in [5, 5.41) is 24.8. The molecule has 1 fully saturated rings. The summed E-state index contributed by atoms with van der Waals surface area (Å²) in [5.41, 5.74) is -0.701. The summed E-state index contributed by atoms with van der Waals surface area (Å²) >= 11 is 0. The van der Waals surface area contributed by atoms with Crippen LogP contribution in [0.25, 0.3) is 0 Å². The first-order valence-corrected chi connectivity index (χ1v) is 9.54. The number of rotatable bonds is 7. The van der Waals surface area contributed by atoms with Crippen LogP contribution in [-0.4, -0.2) is 41.5 Å². The Labute approximate surface area is 156 Å². The predicted molar refractivity (Wildman–Crippen MR) is 102 cm³/mol. The van der Waals surface area contributed by atoms with Gasteiger partial charge in [-0.2, -0.15) is 0 Å². The van der Waals surface area contributed by atoms with E-state index in [0.717, 1.165) is 12.8 Å². The Kier molecular flexibility index (Phi) is 7.21. The molecule has 0 aromatic heterocycles. The molecule has 2 rings (SSSR count). The molecule has 0 heterocycles. The number of nitrogens with one attached hydrogen (secondary N) is 1. The molecule has 5 heteroatoms. The van der Waals surface area contributed by atoms with Gasteiger partial charge in [-0.25, -0.2) is 0 Å². The van der Waals surface area contributed by atoms with E-state index < -0.39 is 23.7 Å². The van der Waals surface area contributed by atoms with E-state index in [4.69, 9.17) is 4.74 Å². The Balaban J connectivity index is 2.19. The normalized spacial score (nSPS) is 28.6. The Morgan fingerprint density at radius 1 is 1.31 bits per heavy atom. The zero-order chi connectivity index (χ0) is 19.3. The van der Waals surface area contributed by atoms with E-state index in [1.54, 1.807) is 0 Å². The van der Waals surface area contributed by atoms with Crippen LogP contribution in [0.3, 0.4) is 0 Å². The van der Waals surface area contributed by atoms with E-state index in [2.05, 4.69) is 12.2 Å². The molecule has 0 radical (unpaired) electrons. The van der Waals surface area contributed by atoms with E-state index in [-0.39, 0.29) is 18.4 Å². The van der Waals surface area contributed by atoms with Gasteiger partial charge in [-0.1, -0.05) is 57.5 Å². The monoisotopic (exact) mass is 363 g/mol. The third-order valence-electron chi connectivity index (χ3n) is 5.63. The summed E-state index contributed by atoms with van der Waals surface area (Å²) in [7, 11) is 1.53. The number of hydrogen-bond acceptors (Lipinski definition) is 4. The minimum absolute atomic E-state index is 0.0873. The molecule has 146 valence electrons. The SMILES string of the molecule is COC[C@H](NC(=O)C1(O)CC(C)CCC1C(C)C)[C@@H](O)c1ccccc1. The number of amides is 1. The lowest BCUT2D eigenvalue weighted by molar-refractivity contribution is -0.158. The lowest BCUT2D eigenvalue weighted by Gasteiger charge is -2.44. The van der Waals surface area contributed by atoms with Crippen LogP contribution in [0.5, 0.6) is 0 Å². The number of carbonyl (C=O) groups is 1. The van der Waals surface area contributed by atoms with Crippen LogP contribution in [-0.2, 0) is 9.53 Å². The molecule has 26 heavy (non-hydrogen) atoms. The molecule has 1 aliphatic rings. The van der Waals surface area contributed by atoms with Crippen LogP contribution in [0.15, 0.2) is 30.3 Å². The number of hydrogen-bond donors (Lipinski definition) is 3. The minimum atomic E-state index is -1.41. The number of ether oxygens (including phenoxy) is 1. The first-order chi connectivity index (χ1) is 12.3. The van der Waals surface area contributed by atoms with Gasteiger partial charge in [-0.3, -0.25) is 4.79 Å². The van der Waals surface area contributed by atoms with Gasteiger partial charge in [0.25, 0.3) is 5.91 Å². The zero-order valence-corrected chi connectivity index (χ0v) is 16.3. The fraction of sp³-hybridized carbons (Fsp3) is 0.667. The molecular weight excluding hydrogens is 330 g/mol. The van der Waals surface area contributed by atoms with Crippen LogP contribution < -0.4 is 5.32 Å². The van der Waals surface area contributed by atoms with Crippen molar-refractivity contribution in [2.24, 2.45) is 17.8 Å². The summed E-state index contributed by atoms with van der Waals surface area (Å²) < 4.78 is 5.21. The fourth-order valence-electron chi connectivity index (χ4n) is 4.20. The van der Waals surface area contributed by atoms with Gasteiger partial charge in [-0.05, 0) is 36.2 Å². The second kappa shape index (κ2) is 8.98. The lowest BCUT2D eigenvalue weighted by atomic mass is 9.66. The van der Waals surface area contributed by atoms with Gasteiger partial charge in [0, 0.05) is 7.11 Å². The van der Waals surface area contributed by atoms with Crippen LogP contribution >= 0.6 is 0 Å². The Bertz CT molecular complexity index is 577. The Hall–Kier alpha value is -1.43. The summed E-state index contributed by atoms with van der Waals surface area (Å²) in [4.78, 5) is 13.1. The summed E-state index contributed by atoms with van der Waals surface area (Å²) in [6, 6.07) is 8.57. The molecule has 3 unspecified atom stereocenters. The molecule has 1 saturated carbocycles. The van der Waals surface area contributed by atoms with Gasteiger partial charge < -0.3 is 20.3 Å². The highest BCUT2D eigenvalue weighted by atomic mass is 16.5. The zero-order valence-electron chi connectivity index (χ0n) is 16.3. The number of methoxy groups -OCH3 is 1. The van der Waals surface area contributed by atoms with Crippen molar-refractivity contribution in [3.8, 4) is 0 Å². The summed E-state index contributed by atoms with van der Waals surface area (Å²) in [6.07, 6.45) is 1.40. The quantitative estimate of drug-likeness (QED) is 0.696. The maximum absolute atomic E-state index is 13.1. The van der Waals surface area contributed by atoms with E-state index >= 15 is 0 Å². The molecule has 3 N–H and O–H groups in total. The van der Waals surface area contributed by atoms with Crippen LogP contribution in [0.2, 0.25) is 0 Å². The molecule has 0 aliphatic heterocycles. The second-order valence-corrected chi connectivity index (χ2v) is 8.05. The van der Waals surface area contributed by atoms with E-state index in [1.165, 1.54) is 7.11 Å². The third kappa shape index (κ3) is 4.64. The molecule has 5 nitrogen and oxygen atoms in total. The van der Waals surface area contributed by atoms with Crippen LogP contribution in [0.4, 0.5) is 0 Å². The molecule has 0 saturated heterocycles. The molecule has 5 atom stereocenters. The van der Waals surface area contributed by atoms with Crippen molar-refractivity contribution in [1.82, 2.24) is 5.32 Å². The second-order valence-electron chi connectivity index (χ2n) is 8.05. The Morgan fingerprint density at radius 2 is 1.96 bits per heavy atom. The van der Waals surface area contributed by atoms with Crippen molar-refractivity contribution in [2.45, 2.75) is 57.8 Å². The smallest absolute Gasteiger partial charge is 0.252 e. The molecule has 0 spiro atoms. The predicted octanol–water partition coefficient (Wildman–Crippen LogP) is 2.67. The highest BCUT2D eigenvalue weighted by Crippen LogP contribution is 2.41. The number of benzene rings is 1. The molecule has 1 aromatic rings. The molecule has 1 aromatic carbocycles. The van der Waals surface area contributed by atoms with E-state index in [9.17, 15) is 15.0 Å². The van der Waals surface area contributed by atoms with Crippen LogP contribution in [0.1, 0.15) is 51.7 Å². The maximum Gasteiger partial charge on any atom is 0.252 e. The van der Waals surface area contributed by atoms with Crippen LogP contribution in [0, 0.1) is 17.8 Å². The molecule has 1 aliphatic carbocycles. The number of aliphatic hydroxyl groups is 2. The van der Waals surface area contributed by atoms with Crippen molar-refractivity contribution < 1.29 is 19.7 Å². The molecule has 0 bridgehead atoms. The fourth-order valence-corrected chi connectivity index (χ4v) is 4.20. The maximum atomic E-state index is 13.1. The van der Waals surface area contributed by atoms with Crippen molar-refractivity contribution in [3.63, 3.8) is 0 Å². The van der Waals surface area contributed by atoms with E-state index in [0.29, 0.717) is 17.9 Å². The first-order valence-electron chi connectivity index (χ1n) is 9.54. The van der Waals surface area contributed by atoms with Gasteiger partial charge in [0.2, 0.25) is 0 Å². The Morgan fingerprint density at radius 3 is 2.54 bits per heavy atom. The average Bonchev–Trinajstić information content (AvgIpc) is 2.61. The summed E-state index contributed by atoms with van der Waals surface area (Å²) in [5.74, 6) is 0.00869. The standard InChI is InChI=1S/C21H33NO4/c1-14(2)17-11-10-15(3)12-21(17,25)20(24)22-18(13-26-4)19(23)16-8-6-5-7-9-16/h5-9,14-15,17-19,23,25H,10-13H2,1-4H3,(H,22,24)/t15?,17?,18-,19-,21?/m0/s1. The van der Waals surface area contributed by atoms with Crippen molar-refractivity contribution >= 4 is 5.91 Å². The molecular formula is C21H33NO4. The minimum Gasteiger partial charge on any atom is -0.386 e. The highest BCUT2D eigenvalue weighted by molar-refractivity contribution is 5.85. The van der Waals surface area contributed by atoms with Crippen molar-refractivity contribution in [2.75, 3.05) is 13.7 Å². The third-order valence-corrected chi connectivity index (χ3v) is 5.63. The topological polar surface area (TPSA) is 78.8 Å². The number of aliphatic hydroxyl groups excluding tert-OH is 1. The lowest BCUT2D eigenvalue weighted by Crippen LogP contribution is -2.59. The average molecular weight is 363 g/mol. The van der Waals surface area contributed by atoms with Crippen molar-refractivity contribution in [3.05, 3.63) is 35.9 Å². The number of carbonyl (C=O) groups excluding carboxylic acids is 1. The summed E-state index contributed by atoms with van der Waals surface area (Å²) in [6.45, 7) is 6.33. The van der Waals surface area contributed by atoms with Gasteiger partial charge >= 0.3 is 0 Å². The van der Waals surface area contributed by atoms with E-state index in [1.807, 2.05) is 44.2 Å². The highest BCUT2D eigenvalue weighted by Gasteiger charge is 2.49. The van der Waals surface area contributed by atoms with Gasteiger partial charge in [0.1, 0.15) is 11.7 Å².